The predicted molar refractivity (Wildman–Crippen MR) is 78.2 cm³/mol. The fourth-order valence-electron chi connectivity index (χ4n) is 2.10. The molecular formula is C13H12N6O3. The first kappa shape index (κ1) is 13.7. The summed E-state index contributed by atoms with van der Waals surface area (Å²) in [6, 6.07) is 7.50. The highest BCUT2D eigenvalue weighted by molar-refractivity contribution is 5.91. The lowest BCUT2D eigenvalue weighted by Gasteiger charge is -2.04. The molecule has 9 nitrogen and oxygen atoms in total. The number of fused-ring (bicyclic) bond motifs is 1. The summed E-state index contributed by atoms with van der Waals surface area (Å²) in [7, 11) is 1.80. The van der Waals surface area contributed by atoms with E-state index in [0.717, 1.165) is 17.2 Å². The molecule has 9 heteroatoms. The summed E-state index contributed by atoms with van der Waals surface area (Å²) in [6.07, 6.45) is 2.30. The van der Waals surface area contributed by atoms with Crippen LogP contribution in [0.2, 0.25) is 0 Å². The maximum absolute atomic E-state index is 12.0. The number of anilines is 1. The Balaban J connectivity index is 1.75. The molecule has 0 atom stereocenters. The topological polar surface area (TPSA) is 108 Å². The van der Waals surface area contributed by atoms with Crippen LogP contribution in [0.15, 0.2) is 36.7 Å². The van der Waals surface area contributed by atoms with Gasteiger partial charge in [-0.05, 0) is 12.1 Å². The van der Waals surface area contributed by atoms with Gasteiger partial charge in [-0.15, -0.1) is 0 Å². The van der Waals surface area contributed by atoms with Crippen molar-refractivity contribution in [2.75, 3.05) is 5.32 Å². The van der Waals surface area contributed by atoms with Gasteiger partial charge in [0.05, 0.1) is 16.0 Å². The van der Waals surface area contributed by atoms with Crippen LogP contribution in [0.3, 0.4) is 0 Å². The van der Waals surface area contributed by atoms with Crippen molar-refractivity contribution >= 4 is 28.6 Å². The van der Waals surface area contributed by atoms with E-state index in [2.05, 4.69) is 15.4 Å². The lowest BCUT2D eigenvalue weighted by atomic mass is 10.3. The van der Waals surface area contributed by atoms with Crippen LogP contribution in [-0.2, 0) is 18.4 Å². The molecule has 0 bridgehead atoms. The van der Waals surface area contributed by atoms with E-state index in [-0.39, 0.29) is 18.1 Å². The Morgan fingerprint density at radius 2 is 2.18 bits per heavy atom. The molecule has 1 N–H and O–H groups in total. The highest BCUT2D eigenvalue weighted by Gasteiger charge is 2.13. The van der Waals surface area contributed by atoms with Crippen LogP contribution in [0.25, 0.3) is 11.0 Å². The van der Waals surface area contributed by atoms with Crippen molar-refractivity contribution < 1.29 is 9.72 Å². The minimum atomic E-state index is -0.563. The van der Waals surface area contributed by atoms with Gasteiger partial charge in [0.2, 0.25) is 11.9 Å². The first-order valence-corrected chi connectivity index (χ1v) is 6.43. The molecule has 2 heterocycles. The number of hydrogen-bond donors (Lipinski definition) is 1. The van der Waals surface area contributed by atoms with Gasteiger partial charge in [-0.3, -0.25) is 24.9 Å². The number of benzene rings is 1. The zero-order valence-electron chi connectivity index (χ0n) is 11.6. The minimum absolute atomic E-state index is 0.128. The van der Waals surface area contributed by atoms with Crippen molar-refractivity contribution in [1.82, 2.24) is 19.3 Å². The van der Waals surface area contributed by atoms with Crippen LogP contribution in [0.4, 0.5) is 11.6 Å². The van der Waals surface area contributed by atoms with Crippen molar-refractivity contribution in [3.63, 3.8) is 0 Å². The Hall–Kier alpha value is -3.23. The molecule has 3 rings (SSSR count). The van der Waals surface area contributed by atoms with Crippen LogP contribution in [-0.4, -0.2) is 30.2 Å². The normalized spacial score (nSPS) is 10.8. The van der Waals surface area contributed by atoms with Gasteiger partial charge < -0.3 is 4.57 Å². The molecule has 0 aliphatic rings. The van der Waals surface area contributed by atoms with E-state index in [4.69, 9.17) is 0 Å². The Morgan fingerprint density at radius 1 is 1.41 bits per heavy atom. The zero-order chi connectivity index (χ0) is 15.7. The summed E-state index contributed by atoms with van der Waals surface area (Å²) in [5, 5.41) is 17.0. The summed E-state index contributed by atoms with van der Waals surface area (Å²) in [5.41, 5.74) is 1.51. The van der Waals surface area contributed by atoms with Gasteiger partial charge >= 0.3 is 5.69 Å². The molecule has 1 amide bonds. The highest BCUT2D eigenvalue weighted by Crippen LogP contribution is 2.17. The number of nitrogens with one attached hydrogen (secondary N) is 1. The number of aryl methyl sites for hydroxylation is 1. The third-order valence-electron chi connectivity index (χ3n) is 3.17. The second-order valence-corrected chi connectivity index (χ2v) is 4.68. The molecule has 112 valence electrons. The standard InChI is InChI=1S/C13H12N6O3/c1-17-11-5-3-2-4-10(11)15-13(17)16-12(20)8-18-7-9(6-14-18)19(21)22/h2-7H,8H2,1H3,(H,15,16,20). The Kier molecular flexibility index (Phi) is 3.30. The molecular weight excluding hydrogens is 288 g/mol. The van der Waals surface area contributed by atoms with Crippen molar-refractivity contribution in [2.45, 2.75) is 6.54 Å². The molecule has 1 aromatic carbocycles. The molecule has 3 aromatic rings. The number of imidazole rings is 1. The second-order valence-electron chi connectivity index (χ2n) is 4.68. The fourth-order valence-corrected chi connectivity index (χ4v) is 2.10. The van der Waals surface area contributed by atoms with Crippen LogP contribution >= 0.6 is 0 Å². The van der Waals surface area contributed by atoms with Gasteiger partial charge in [0, 0.05) is 7.05 Å². The van der Waals surface area contributed by atoms with E-state index in [0.29, 0.717) is 5.95 Å². The van der Waals surface area contributed by atoms with Crippen molar-refractivity contribution in [1.29, 1.82) is 0 Å². The SMILES string of the molecule is Cn1c(NC(=O)Cn2cc([N+](=O)[O-])cn2)nc2ccccc21. The summed E-state index contributed by atoms with van der Waals surface area (Å²) in [6.45, 7) is -0.128. The predicted octanol–water partition coefficient (Wildman–Crippen LogP) is 1.32. The second kappa shape index (κ2) is 5.28. The quantitative estimate of drug-likeness (QED) is 0.577. The molecule has 0 saturated heterocycles. The average Bonchev–Trinajstić information content (AvgIpc) is 3.06. The number of nitrogens with zero attached hydrogens (tertiary/aromatic N) is 5. The summed E-state index contributed by atoms with van der Waals surface area (Å²) >= 11 is 0. The molecule has 0 radical (unpaired) electrons. The molecule has 0 fully saturated rings. The molecule has 0 spiro atoms. The Morgan fingerprint density at radius 3 is 2.86 bits per heavy atom. The molecule has 2 aromatic heterocycles. The van der Waals surface area contributed by atoms with Gasteiger partial charge in [-0.25, -0.2) is 4.98 Å². The van der Waals surface area contributed by atoms with E-state index in [1.165, 1.54) is 10.9 Å². The summed E-state index contributed by atoms with van der Waals surface area (Å²) < 4.78 is 2.97. The Bertz CT molecular complexity index is 866. The van der Waals surface area contributed by atoms with Crippen LogP contribution < -0.4 is 5.32 Å². The van der Waals surface area contributed by atoms with E-state index < -0.39 is 4.92 Å². The first-order valence-electron chi connectivity index (χ1n) is 6.43. The van der Waals surface area contributed by atoms with E-state index in [1.54, 1.807) is 11.6 Å². The summed E-state index contributed by atoms with van der Waals surface area (Å²) in [5.74, 6) is 0.0456. The van der Waals surface area contributed by atoms with Gasteiger partial charge in [0.15, 0.2) is 0 Å². The fraction of sp³-hybridized carbons (Fsp3) is 0.154. The van der Waals surface area contributed by atoms with E-state index >= 15 is 0 Å². The number of aromatic nitrogens is 4. The minimum Gasteiger partial charge on any atom is -0.313 e. The Labute approximate surface area is 124 Å². The van der Waals surface area contributed by atoms with Crippen molar-refractivity contribution in [2.24, 2.45) is 7.05 Å². The van der Waals surface area contributed by atoms with Crippen LogP contribution in [0, 0.1) is 10.1 Å². The first-order chi connectivity index (χ1) is 10.5. The third kappa shape index (κ3) is 2.51. The van der Waals surface area contributed by atoms with E-state index in [1.807, 2.05) is 24.3 Å². The molecule has 0 saturated carbocycles. The lowest BCUT2D eigenvalue weighted by molar-refractivity contribution is -0.385. The third-order valence-corrected chi connectivity index (χ3v) is 3.17. The van der Waals surface area contributed by atoms with Crippen molar-refractivity contribution in [3.05, 3.63) is 46.8 Å². The maximum atomic E-state index is 12.0. The maximum Gasteiger partial charge on any atom is 0.307 e. The van der Waals surface area contributed by atoms with Gasteiger partial charge in [0.25, 0.3) is 0 Å². The van der Waals surface area contributed by atoms with Gasteiger partial charge in [-0.1, -0.05) is 12.1 Å². The number of rotatable bonds is 4. The number of amides is 1. The number of nitro groups is 1. The number of carbonyl (C=O) groups is 1. The molecule has 22 heavy (non-hydrogen) atoms. The average molecular weight is 300 g/mol. The van der Waals surface area contributed by atoms with Crippen LogP contribution in [0.1, 0.15) is 0 Å². The molecule has 0 unspecified atom stereocenters. The van der Waals surface area contributed by atoms with E-state index in [9.17, 15) is 14.9 Å². The van der Waals surface area contributed by atoms with Crippen LogP contribution in [0.5, 0.6) is 0 Å². The lowest BCUT2D eigenvalue weighted by Crippen LogP contribution is -2.20. The highest BCUT2D eigenvalue weighted by atomic mass is 16.6. The largest absolute Gasteiger partial charge is 0.313 e. The molecule has 0 aliphatic heterocycles. The monoisotopic (exact) mass is 300 g/mol. The smallest absolute Gasteiger partial charge is 0.307 e. The number of hydrogen-bond acceptors (Lipinski definition) is 5. The number of para-hydroxylation sites is 2. The van der Waals surface area contributed by atoms with Gasteiger partial charge in [0.1, 0.15) is 18.9 Å². The molecule has 0 aliphatic carbocycles. The zero-order valence-corrected chi connectivity index (χ0v) is 11.6. The van der Waals surface area contributed by atoms with Crippen molar-refractivity contribution in [3.8, 4) is 0 Å². The summed E-state index contributed by atoms with van der Waals surface area (Å²) in [4.78, 5) is 26.3. The number of carbonyl (C=O) groups excluding carboxylic acids is 1. The van der Waals surface area contributed by atoms with Gasteiger partial charge in [-0.2, -0.15) is 5.10 Å².